The SMILES string of the molecule is Cc1sc2ncnc(OCC(=O)Nc3cc(Cl)c(Cl)cc3Cl)c2c1C. The van der Waals surface area contributed by atoms with Crippen LogP contribution in [0.5, 0.6) is 5.88 Å². The van der Waals surface area contributed by atoms with E-state index in [2.05, 4.69) is 15.3 Å². The molecule has 25 heavy (non-hydrogen) atoms. The molecule has 0 aliphatic rings. The van der Waals surface area contributed by atoms with Gasteiger partial charge in [-0.25, -0.2) is 9.97 Å². The third kappa shape index (κ3) is 3.82. The summed E-state index contributed by atoms with van der Waals surface area (Å²) in [5, 5.41) is 4.36. The van der Waals surface area contributed by atoms with E-state index in [0.717, 1.165) is 20.7 Å². The zero-order valence-electron chi connectivity index (χ0n) is 13.2. The second kappa shape index (κ2) is 7.33. The van der Waals surface area contributed by atoms with Gasteiger partial charge in [0.05, 0.1) is 26.1 Å². The molecule has 0 atom stereocenters. The van der Waals surface area contributed by atoms with Crippen molar-refractivity contribution < 1.29 is 9.53 Å². The highest BCUT2D eigenvalue weighted by Crippen LogP contribution is 2.34. The molecule has 0 unspecified atom stereocenters. The summed E-state index contributed by atoms with van der Waals surface area (Å²) >= 11 is 19.4. The van der Waals surface area contributed by atoms with Crippen molar-refractivity contribution in [3.8, 4) is 5.88 Å². The summed E-state index contributed by atoms with van der Waals surface area (Å²) in [6.45, 7) is 3.75. The number of thiophene rings is 1. The van der Waals surface area contributed by atoms with E-state index in [9.17, 15) is 4.79 Å². The fourth-order valence-electron chi connectivity index (χ4n) is 2.20. The number of ether oxygens (including phenoxy) is 1. The van der Waals surface area contributed by atoms with Crippen LogP contribution in [0.2, 0.25) is 15.1 Å². The van der Waals surface area contributed by atoms with Crippen LogP contribution in [0.1, 0.15) is 10.4 Å². The van der Waals surface area contributed by atoms with Crippen molar-refractivity contribution in [2.45, 2.75) is 13.8 Å². The number of rotatable bonds is 4. The predicted molar refractivity (Wildman–Crippen MR) is 102 cm³/mol. The molecule has 1 amide bonds. The molecule has 2 heterocycles. The molecule has 130 valence electrons. The van der Waals surface area contributed by atoms with Gasteiger partial charge in [0.1, 0.15) is 11.2 Å². The molecule has 1 N–H and O–H groups in total. The summed E-state index contributed by atoms with van der Waals surface area (Å²) in [5.41, 5.74) is 1.41. The number of anilines is 1. The van der Waals surface area contributed by atoms with Crippen LogP contribution in [0, 0.1) is 13.8 Å². The van der Waals surface area contributed by atoms with Crippen LogP contribution >= 0.6 is 46.1 Å². The van der Waals surface area contributed by atoms with Gasteiger partial charge < -0.3 is 10.1 Å². The van der Waals surface area contributed by atoms with E-state index in [1.165, 1.54) is 18.5 Å². The average molecular weight is 417 g/mol. The highest BCUT2D eigenvalue weighted by atomic mass is 35.5. The van der Waals surface area contributed by atoms with Crippen molar-refractivity contribution in [3.05, 3.63) is 44.0 Å². The minimum absolute atomic E-state index is 0.225. The van der Waals surface area contributed by atoms with Crippen LogP contribution in [-0.2, 0) is 4.79 Å². The van der Waals surface area contributed by atoms with Gasteiger partial charge in [0.2, 0.25) is 5.88 Å². The zero-order chi connectivity index (χ0) is 18.1. The maximum atomic E-state index is 12.1. The number of nitrogens with one attached hydrogen (secondary N) is 1. The molecule has 0 aliphatic carbocycles. The molecule has 0 spiro atoms. The predicted octanol–water partition coefficient (Wildman–Crippen LogP) is 5.29. The molecule has 3 rings (SSSR count). The Morgan fingerprint density at radius 1 is 1.16 bits per heavy atom. The summed E-state index contributed by atoms with van der Waals surface area (Å²) in [7, 11) is 0. The smallest absolute Gasteiger partial charge is 0.262 e. The Labute approximate surface area is 162 Å². The third-order valence-electron chi connectivity index (χ3n) is 3.55. The van der Waals surface area contributed by atoms with Crippen LogP contribution in [-0.4, -0.2) is 22.5 Å². The number of hydrogen-bond acceptors (Lipinski definition) is 5. The van der Waals surface area contributed by atoms with E-state index >= 15 is 0 Å². The molecule has 5 nitrogen and oxygen atoms in total. The lowest BCUT2D eigenvalue weighted by molar-refractivity contribution is -0.118. The van der Waals surface area contributed by atoms with E-state index in [0.29, 0.717) is 21.6 Å². The van der Waals surface area contributed by atoms with Crippen molar-refractivity contribution >= 4 is 68.0 Å². The first-order valence-corrected chi connectivity index (χ1v) is 9.09. The minimum Gasteiger partial charge on any atom is -0.467 e. The normalized spacial score (nSPS) is 10.9. The molecule has 0 radical (unpaired) electrons. The second-order valence-electron chi connectivity index (χ2n) is 5.23. The first-order chi connectivity index (χ1) is 11.9. The van der Waals surface area contributed by atoms with Gasteiger partial charge >= 0.3 is 0 Å². The molecule has 0 fully saturated rings. The number of benzene rings is 1. The van der Waals surface area contributed by atoms with Crippen LogP contribution in [0.25, 0.3) is 10.2 Å². The van der Waals surface area contributed by atoms with Gasteiger partial charge in [0.25, 0.3) is 5.91 Å². The highest BCUT2D eigenvalue weighted by molar-refractivity contribution is 7.18. The van der Waals surface area contributed by atoms with Gasteiger partial charge in [-0.05, 0) is 31.5 Å². The molecule has 0 saturated heterocycles. The number of amides is 1. The molecule has 0 aliphatic heterocycles. The number of aromatic nitrogens is 2. The Balaban J connectivity index is 1.74. The first-order valence-electron chi connectivity index (χ1n) is 7.14. The van der Waals surface area contributed by atoms with Crippen molar-refractivity contribution in [3.63, 3.8) is 0 Å². The number of hydrogen-bond donors (Lipinski definition) is 1. The standard InChI is InChI=1S/C16H12Cl3N3O2S/c1-7-8(2)25-16-14(7)15(20-6-21-16)24-5-13(23)22-12-4-10(18)9(17)3-11(12)19/h3-4,6H,5H2,1-2H3,(H,22,23). The Morgan fingerprint density at radius 2 is 1.88 bits per heavy atom. The van der Waals surface area contributed by atoms with Crippen molar-refractivity contribution in [2.75, 3.05) is 11.9 Å². The van der Waals surface area contributed by atoms with E-state index < -0.39 is 5.91 Å². The lowest BCUT2D eigenvalue weighted by Crippen LogP contribution is -2.20. The monoisotopic (exact) mass is 415 g/mol. The number of carbonyl (C=O) groups excluding carboxylic acids is 1. The molecule has 1 aromatic carbocycles. The molecular weight excluding hydrogens is 405 g/mol. The minimum atomic E-state index is -0.392. The molecular formula is C16H12Cl3N3O2S. The van der Waals surface area contributed by atoms with E-state index in [1.807, 2.05) is 13.8 Å². The summed E-state index contributed by atoms with van der Waals surface area (Å²) in [6.07, 6.45) is 1.42. The Morgan fingerprint density at radius 3 is 2.64 bits per heavy atom. The van der Waals surface area contributed by atoms with Gasteiger partial charge in [-0.15, -0.1) is 11.3 Å². The fourth-order valence-corrected chi connectivity index (χ4v) is 3.78. The van der Waals surface area contributed by atoms with Crippen LogP contribution < -0.4 is 10.1 Å². The zero-order valence-corrected chi connectivity index (χ0v) is 16.3. The summed E-state index contributed by atoms with van der Waals surface area (Å²) in [5.74, 6) is -0.0149. The highest BCUT2D eigenvalue weighted by Gasteiger charge is 2.15. The first kappa shape index (κ1) is 18.2. The number of halogens is 3. The van der Waals surface area contributed by atoms with E-state index in [4.69, 9.17) is 39.5 Å². The van der Waals surface area contributed by atoms with Crippen molar-refractivity contribution in [2.24, 2.45) is 0 Å². The van der Waals surface area contributed by atoms with Gasteiger partial charge in [0, 0.05) is 4.88 Å². The molecule has 0 saturated carbocycles. The number of fused-ring (bicyclic) bond motifs is 1. The van der Waals surface area contributed by atoms with Crippen LogP contribution in [0.4, 0.5) is 5.69 Å². The third-order valence-corrected chi connectivity index (χ3v) is 5.70. The van der Waals surface area contributed by atoms with E-state index in [-0.39, 0.29) is 11.6 Å². The van der Waals surface area contributed by atoms with Gasteiger partial charge in [0.15, 0.2) is 6.61 Å². The van der Waals surface area contributed by atoms with Crippen molar-refractivity contribution in [1.29, 1.82) is 0 Å². The fraction of sp³-hybridized carbons (Fsp3) is 0.188. The molecule has 0 bridgehead atoms. The molecule has 3 aromatic rings. The van der Waals surface area contributed by atoms with Crippen molar-refractivity contribution in [1.82, 2.24) is 9.97 Å². The van der Waals surface area contributed by atoms with Gasteiger partial charge in [-0.3, -0.25) is 4.79 Å². The Bertz CT molecular complexity index is 975. The van der Waals surface area contributed by atoms with E-state index in [1.54, 1.807) is 11.3 Å². The maximum absolute atomic E-state index is 12.1. The van der Waals surface area contributed by atoms with Crippen LogP contribution in [0.3, 0.4) is 0 Å². The van der Waals surface area contributed by atoms with Gasteiger partial charge in [-0.1, -0.05) is 34.8 Å². The largest absolute Gasteiger partial charge is 0.467 e. The second-order valence-corrected chi connectivity index (χ2v) is 7.65. The van der Waals surface area contributed by atoms with Gasteiger partial charge in [-0.2, -0.15) is 0 Å². The Hall–Kier alpha value is -1.60. The summed E-state index contributed by atoms with van der Waals surface area (Å²) < 4.78 is 5.58. The number of carbonyl (C=O) groups is 1. The summed E-state index contributed by atoms with van der Waals surface area (Å²) in [6, 6.07) is 2.95. The number of nitrogens with zero attached hydrogens (tertiary/aromatic N) is 2. The quantitative estimate of drug-likeness (QED) is 0.587. The topological polar surface area (TPSA) is 64.1 Å². The molecule has 9 heteroatoms. The average Bonchev–Trinajstić information content (AvgIpc) is 2.86. The lowest BCUT2D eigenvalue weighted by atomic mass is 10.2. The Kier molecular flexibility index (Phi) is 5.34. The van der Waals surface area contributed by atoms with Crippen LogP contribution in [0.15, 0.2) is 18.5 Å². The lowest BCUT2D eigenvalue weighted by Gasteiger charge is -2.10. The number of aryl methyl sites for hydroxylation is 2. The maximum Gasteiger partial charge on any atom is 0.262 e. The molecule has 2 aromatic heterocycles. The summed E-state index contributed by atoms with van der Waals surface area (Å²) in [4.78, 5) is 22.5.